The Morgan fingerprint density at radius 1 is 1.47 bits per heavy atom. The molecule has 0 aromatic heterocycles. The third-order valence-corrected chi connectivity index (χ3v) is 4.13. The summed E-state index contributed by atoms with van der Waals surface area (Å²) in [6, 6.07) is 4.97. The summed E-state index contributed by atoms with van der Waals surface area (Å²) in [6.45, 7) is 1.97. The summed E-state index contributed by atoms with van der Waals surface area (Å²) in [5.41, 5.74) is 1.97. The smallest absolute Gasteiger partial charge is 0.326 e. The van der Waals surface area contributed by atoms with E-state index in [0.29, 0.717) is 0 Å². The molecular formula is C14H16BrNO3. The van der Waals surface area contributed by atoms with E-state index in [9.17, 15) is 9.59 Å². The van der Waals surface area contributed by atoms with Crippen molar-refractivity contribution in [2.45, 2.75) is 32.2 Å². The molecule has 5 heteroatoms. The number of carbonyl (C=O) groups is 2. The van der Waals surface area contributed by atoms with Crippen LogP contribution in [0.3, 0.4) is 0 Å². The second-order valence-corrected chi connectivity index (χ2v) is 5.84. The first-order chi connectivity index (χ1) is 8.97. The van der Waals surface area contributed by atoms with E-state index >= 15 is 0 Å². The molecule has 1 atom stereocenters. The standard InChI is InChI=1S/C14H16BrNO3/c1-8-2-3-9(6-11(8)15)7-12(17)16-13(14(18)19)10-4-5-10/h2-3,6,10,13H,4-5,7H2,1H3,(H,16,17)(H,18,19). The van der Waals surface area contributed by atoms with Crippen molar-refractivity contribution >= 4 is 27.8 Å². The average Bonchev–Trinajstić information content (AvgIpc) is 3.14. The highest BCUT2D eigenvalue weighted by Crippen LogP contribution is 2.32. The molecule has 0 aliphatic heterocycles. The monoisotopic (exact) mass is 325 g/mol. The normalized spacial score (nSPS) is 15.9. The third kappa shape index (κ3) is 3.80. The van der Waals surface area contributed by atoms with E-state index in [1.165, 1.54) is 0 Å². The molecule has 0 saturated heterocycles. The van der Waals surface area contributed by atoms with E-state index in [1.54, 1.807) is 0 Å². The molecule has 102 valence electrons. The fraction of sp³-hybridized carbons (Fsp3) is 0.429. The van der Waals surface area contributed by atoms with Crippen LogP contribution in [0.15, 0.2) is 22.7 Å². The molecule has 1 aromatic carbocycles. The van der Waals surface area contributed by atoms with Gasteiger partial charge in [-0.1, -0.05) is 28.1 Å². The predicted molar refractivity (Wildman–Crippen MR) is 74.9 cm³/mol. The topological polar surface area (TPSA) is 66.4 Å². The number of nitrogens with one attached hydrogen (secondary N) is 1. The Kier molecular flexibility index (Phi) is 4.24. The van der Waals surface area contributed by atoms with E-state index in [4.69, 9.17) is 5.11 Å². The summed E-state index contributed by atoms with van der Waals surface area (Å²) in [6.07, 6.45) is 1.97. The number of rotatable bonds is 5. The van der Waals surface area contributed by atoms with E-state index < -0.39 is 12.0 Å². The molecule has 1 amide bonds. The van der Waals surface area contributed by atoms with Crippen molar-refractivity contribution in [2.75, 3.05) is 0 Å². The molecular weight excluding hydrogens is 310 g/mol. The number of aryl methyl sites for hydroxylation is 1. The van der Waals surface area contributed by atoms with Crippen molar-refractivity contribution < 1.29 is 14.7 Å². The van der Waals surface area contributed by atoms with Gasteiger partial charge in [-0.25, -0.2) is 4.79 Å². The van der Waals surface area contributed by atoms with Crippen LogP contribution in [0.1, 0.15) is 24.0 Å². The third-order valence-electron chi connectivity index (χ3n) is 3.28. The van der Waals surface area contributed by atoms with Crippen LogP contribution in [0, 0.1) is 12.8 Å². The van der Waals surface area contributed by atoms with Gasteiger partial charge in [0.25, 0.3) is 0 Å². The number of hydrogen-bond donors (Lipinski definition) is 2. The van der Waals surface area contributed by atoms with E-state index in [-0.39, 0.29) is 18.2 Å². The van der Waals surface area contributed by atoms with Crippen molar-refractivity contribution in [2.24, 2.45) is 5.92 Å². The molecule has 0 bridgehead atoms. The second kappa shape index (κ2) is 5.74. The van der Waals surface area contributed by atoms with E-state index in [1.807, 2.05) is 25.1 Å². The fourth-order valence-electron chi connectivity index (χ4n) is 1.97. The lowest BCUT2D eigenvalue weighted by molar-refractivity contribution is -0.142. The number of halogens is 1. The van der Waals surface area contributed by atoms with Crippen molar-refractivity contribution in [1.82, 2.24) is 5.32 Å². The van der Waals surface area contributed by atoms with Crippen LogP contribution in [0.4, 0.5) is 0 Å². The minimum atomic E-state index is -0.944. The van der Waals surface area contributed by atoms with Crippen LogP contribution >= 0.6 is 15.9 Å². The van der Waals surface area contributed by atoms with Gasteiger partial charge < -0.3 is 10.4 Å². The van der Waals surface area contributed by atoms with Gasteiger partial charge in [0, 0.05) is 4.47 Å². The molecule has 19 heavy (non-hydrogen) atoms. The van der Waals surface area contributed by atoms with Gasteiger partial charge in [0.15, 0.2) is 0 Å². The van der Waals surface area contributed by atoms with Crippen LogP contribution in [0.2, 0.25) is 0 Å². The van der Waals surface area contributed by atoms with Gasteiger partial charge in [-0.3, -0.25) is 4.79 Å². The predicted octanol–water partition coefficient (Wildman–Crippen LogP) is 2.28. The molecule has 4 nitrogen and oxygen atoms in total. The van der Waals surface area contributed by atoms with Gasteiger partial charge in [0.1, 0.15) is 6.04 Å². The zero-order valence-electron chi connectivity index (χ0n) is 10.6. The largest absolute Gasteiger partial charge is 0.480 e. The van der Waals surface area contributed by atoms with Crippen molar-refractivity contribution in [3.05, 3.63) is 33.8 Å². The molecule has 0 heterocycles. The minimum absolute atomic E-state index is 0.103. The first kappa shape index (κ1) is 14.1. The fourth-order valence-corrected chi connectivity index (χ4v) is 2.39. The summed E-state index contributed by atoms with van der Waals surface area (Å²) in [4.78, 5) is 22.9. The van der Waals surface area contributed by atoms with Crippen LogP contribution in [0.25, 0.3) is 0 Å². The maximum atomic E-state index is 11.9. The van der Waals surface area contributed by atoms with Gasteiger partial charge in [0.2, 0.25) is 5.91 Å². The molecule has 1 aromatic rings. The Labute approximate surface area is 120 Å². The zero-order valence-corrected chi connectivity index (χ0v) is 12.2. The maximum Gasteiger partial charge on any atom is 0.326 e. The van der Waals surface area contributed by atoms with Crippen LogP contribution in [0.5, 0.6) is 0 Å². The minimum Gasteiger partial charge on any atom is -0.480 e. The van der Waals surface area contributed by atoms with Gasteiger partial charge in [-0.05, 0) is 42.9 Å². The summed E-state index contributed by atoms with van der Waals surface area (Å²) in [7, 11) is 0. The second-order valence-electron chi connectivity index (χ2n) is 4.98. The molecule has 1 fully saturated rings. The lowest BCUT2D eigenvalue weighted by Gasteiger charge is -2.13. The van der Waals surface area contributed by atoms with Gasteiger partial charge >= 0.3 is 5.97 Å². The Morgan fingerprint density at radius 3 is 2.68 bits per heavy atom. The summed E-state index contributed by atoms with van der Waals surface area (Å²) >= 11 is 3.42. The summed E-state index contributed by atoms with van der Waals surface area (Å²) in [5, 5.41) is 11.7. The number of benzene rings is 1. The molecule has 1 unspecified atom stereocenters. The van der Waals surface area contributed by atoms with Crippen LogP contribution < -0.4 is 5.32 Å². The zero-order chi connectivity index (χ0) is 14.0. The average molecular weight is 326 g/mol. The maximum absolute atomic E-state index is 11.9. The number of hydrogen-bond acceptors (Lipinski definition) is 2. The van der Waals surface area contributed by atoms with Crippen molar-refractivity contribution in [3.63, 3.8) is 0 Å². The number of amides is 1. The molecule has 2 rings (SSSR count). The molecule has 1 aliphatic carbocycles. The van der Waals surface area contributed by atoms with Crippen molar-refractivity contribution in [1.29, 1.82) is 0 Å². The highest BCUT2D eigenvalue weighted by atomic mass is 79.9. The first-order valence-electron chi connectivity index (χ1n) is 6.24. The Balaban J connectivity index is 1.96. The molecule has 0 radical (unpaired) electrons. The Morgan fingerprint density at radius 2 is 2.16 bits per heavy atom. The summed E-state index contributed by atoms with van der Waals surface area (Å²) in [5.74, 6) is -1.08. The molecule has 2 N–H and O–H groups in total. The van der Waals surface area contributed by atoms with Crippen molar-refractivity contribution in [3.8, 4) is 0 Å². The number of carboxylic acids is 1. The van der Waals surface area contributed by atoms with Crippen LogP contribution in [-0.4, -0.2) is 23.0 Å². The van der Waals surface area contributed by atoms with Gasteiger partial charge in [0.05, 0.1) is 6.42 Å². The Hall–Kier alpha value is -1.36. The Bertz CT molecular complexity index is 511. The van der Waals surface area contributed by atoms with Crippen LogP contribution in [-0.2, 0) is 16.0 Å². The number of aliphatic carboxylic acids is 1. The molecule has 0 spiro atoms. The lowest BCUT2D eigenvalue weighted by Crippen LogP contribution is -2.43. The summed E-state index contributed by atoms with van der Waals surface area (Å²) < 4.78 is 0.953. The quantitative estimate of drug-likeness (QED) is 0.872. The first-order valence-corrected chi connectivity index (χ1v) is 7.04. The SMILES string of the molecule is Cc1ccc(CC(=O)NC(C(=O)O)C2CC2)cc1Br. The number of carbonyl (C=O) groups excluding carboxylic acids is 1. The molecule has 1 aliphatic rings. The van der Waals surface area contributed by atoms with E-state index in [0.717, 1.165) is 28.4 Å². The van der Waals surface area contributed by atoms with E-state index in [2.05, 4.69) is 21.2 Å². The lowest BCUT2D eigenvalue weighted by atomic mass is 10.1. The molecule has 1 saturated carbocycles. The highest BCUT2D eigenvalue weighted by Gasteiger charge is 2.37. The highest BCUT2D eigenvalue weighted by molar-refractivity contribution is 9.10. The van der Waals surface area contributed by atoms with Gasteiger partial charge in [-0.2, -0.15) is 0 Å². The number of carboxylic acid groups (broad SMARTS) is 1. The van der Waals surface area contributed by atoms with Gasteiger partial charge in [-0.15, -0.1) is 0 Å².